The van der Waals surface area contributed by atoms with E-state index in [4.69, 9.17) is 14.0 Å². The molecule has 0 aliphatic carbocycles. The van der Waals surface area contributed by atoms with E-state index in [-0.39, 0.29) is 10.8 Å². The van der Waals surface area contributed by atoms with Crippen LogP contribution in [0.1, 0.15) is 23.7 Å². The van der Waals surface area contributed by atoms with E-state index in [1.54, 1.807) is 32.2 Å². The van der Waals surface area contributed by atoms with Gasteiger partial charge in [0, 0.05) is 22.9 Å². The van der Waals surface area contributed by atoms with Crippen LogP contribution < -0.4 is 19.5 Å². The molecule has 0 aliphatic rings. The molecule has 2 N–H and O–H groups in total. The van der Waals surface area contributed by atoms with Crippen molar-refractivity contribution >= 4 is 27.4 Å². The summed E-state index contributed by atoms with van der Waals surface area (Å²) in [6.07, 6.45) is 2.06. The maximum absolute atomic E-state index is 12.9. The molecule has 5 rings (SSSR count). The summed E-state index contributed by atoms with van der Waals surface area (Å²) in [4.78, 5) is 8.85. The molecule has 2 aromatic heterocycles. The molecule has 0 saturated carbocycles. The molecule has 0 spiro atoms. The largest absolute Gasteiger partial charge is 0.497 e. The van der Waals surface area contributed by atoms with Crippen LogP contribution in [0.15, 0.2) is 94.6 Å². The number of ether oxygens (including phenoxy) is 2. The highest BCUT2D eigenvalue weighted by Crippen LogP contribution is 2.31. The van der Waals surface area contributed by atoms with Crippen molar-refractivity contribution in [2.45, 2.75) is 31.8 Å². The number of hydrogen-bond acceptors (Lipinski definition) is 9. The monoisotopic (exact) mass is 571 g/mol. The van der Waals surface area contributed by atoms with Crippen molar-refractivity contribution in [2.75, 3.05) is 17.1 Å². The van der Waals surface area contributed by atoms with Gasteiger partial charge in [0.25, 0.3) is 10.0 Å². The number of nitrogens with zero attached hydrogens (tertiary/aromatic N) is 3. The lowest BCUT2D eigenvalue weighted by Crippen LogP contribution is -2.13. The molecule has 210 valence electrons. The van der Waals surface area contributed by atoms with Gasteiger partial charge in [-0.25, -0.2) is 23.1 Å². The number of para-hydroxylation sites is 1. The fourth-order valence-corrected chi connectivity index (χ4v) is 5.21. The minimum atomic E-state index is -3.86. The SMILES string of the molecule is CCc1c(C)noc1NS(=O)(=O)c1ccc(Nc2cc(-c3ccccc3OCc3ccc(OC)cc3)ncn2)cc1. The number of nitrogens with one attached hydrogen (secondary N) is 2. The minimum Gasteiger partial charge on any atom is -0.497 e. The van der Waals surface area contributed by atoms with Crippen molar-refractivity contribution in [3.05, 3.63) is 102 Å². The molecular weight excluding hydrogens is 542 g/mol. The van der Waals surface area contributed by atoms with Gasteiger partial charge in [-0.05, 0) is 67.4 Å². The van der Waals surface area contributed by atoms with Gasteiger partial charge in [0.2, 0.25) is 5.88 Å². The van der Waals surface area contributed by atoms with Crippen LogP contribution in [0.2, 0.25) is 0 Å². The number of anilines is 3. The molecular formula is C30H29N5O5S. The van der Waals surface area contributed by atoms with Gasteiger partial charge in [0.15, 0.2) is 0 Å². The van der Waals surface area contributed by atoms with Crippen LogP contribution in [-0.2, 0) is 23.1 Å². The third-order valence-electron chi connectivity index (χ3n) is 6.39. The molecule has 5 aromatic rings. The number of rotatable bonds is 11. The average molecular weight is 572 g/mol. The third kappa shape index (κ3) is 6.47. The minimum absolute atomic E-state index is 0.0884. The Balaban J connectivity index is 1.29. The molecule has 0 saturated heterocycles. The van der Waals surface area contributed by atoms with Crippen LogP contribution in [0.25, 0.3) is 11.3 Å². The topological polar surface area (TPSA) is 128 Å². The zero-order valence-electron chi connectivity index (χ0n) is 22.8. The molecule has 2 heterocycles. The Morgan fingerprint density at radius 3 is 2.44 bits per heavy atom. The van der Waals surface area contributed by atoms with E-state index in [1.807, 2.05) is 55.5 Å². The van der Waals surface area contributed by atoms with Crippen molar-refractivity contribution in [2.24, 2.45) is 0 Å². The Morgan fingerprint density at radius 2 is 1.71 bits per heavy atom. The number of aryl methyl sites for hydroxylation is 1. The van der Waals surface area contributed by atoms with Crippen molar-refractivity contribution in [1.82, 2.24) is 15.1 Å². The third-order valence-corrected chi connectivity index (χ3v) is 7.73. The Bertz CT molecular complexity index is 1740. The van der Waals surface area contributed by atoms with Crippen LogP contribution in [0.5, 0.6) is 11.5 Å². The van der Waals surface area contributed by atoms with Gasteiger partial charge >= 0.3 is 0 Å². The van der Waals surface area contributed by atoms with Crippen LogP contribution >= 0.6 is 0 Å². The van der Waals surface area contributed by atoms with Crippen molar-refractivity contribution in [1.29, 1.82) is 0 Å². The second-order valence-corrected chi connectivity index (χ2v) is 10.8. The molecule has 11 heteroatoms. The first-order valence-corrected chi connectivity index (χ1v) is 14.4. The second-order valence-electron chi connectivity index (χ2n) is 9.11. The normalized spacial score (nSPS) is 11.2. The standard InChI is InChI=1S/C30H29N5O5S/c1-4-25-20(2)34-40-30(25)35-41(36,37)24-15-11-22(12-16-24)33-29-17-27(31-19-32-29)26-7-5-6-8-28(26)39-18-21-9-13-23(38-3)14-10-21/h5-17,19,35H,4,18H2,1-3H3,(H,31,32,33). The quantitative estimate of drug-likeness (QED) is 0.192. The Labute approximate surface area is 238 Å². The highest BCUT2D eigenvalue weighted by Gasteiger charge is 2.20. The van der Waals surface area contributed by atoms with E-state index in [0.717, 1.165) is 22.4 Å². The summed E-state index contributed by atoms with van der Waals surface area (Å²) in [6.45, 7) is 4.06. The Kier molecular flexibility index (Phi) is 8.16. The molecule has 0 atom stereocenters. The van der Waals surface area contributed by atoms with E-state index in [1.165, 1.54) is 18.5 Å². The Morgan fingerprint density at radius 1 is 0.951 bits per heavy atom. The molecule has 3 aromatic carbocycles. The number of sulfonamides is 1. The summed E-state index contributed by atoms with van der Waals surface area (Å²) < 4.78 is 44.8. The van der Waals surface area contributed by atoms with Gasteiger partial charge in [0.05, 0.1) is 23.4 Å². The first kappa shape index (κ1) is 27.7. The molecule has 0 amide bonds. The first-order chi connectivity index (χ1) is 19.9. The van der Waals surface area contributed by atoms with Crippen LogP contribution in [0.4, 0.5) is 17.4 Å². The van der Waals surface area contributed by atoms with Gasteiger partial charge in [-0.3, -0.25) is 0 Å². The second kappa shape index (κ2) is 12.1. The molecule has 0 fully saturated rings. The number of aromatic nitrogens is 3. The molecule has 0 aliphatic heterocycles. The lowest BCUT2D eigenvalue weighted by molar-refractivity contribution is 0.307. The maximum atomic E-state index is 12.9. The number of hydrogen-bond donors (Lipinski definition) is 2. The summed E-state index contributed by atoms with van der Waals surface area (Å²) in [6, 6.07) is 23.5. The van der Waals surface area contributed by atoms with E-state index in [9.17, 15) is 8.42 Å². The van der Waals surface area contributed by atoms with E-state index in [2.05, 4.69) is 25.2 Å². The number of methoxy groups -OCH3 is 1. The Hall–Kier alpha value is -4.90. The smallest absolute Gasteiger partial charge is 0.264 e. The fraction of sp³-hybridized carbons (Fsp3) is 0.167. The van der Waals surface area contributed by atoms with Crippen LogP contribution in [0.3, 0.4) is 0 Å². The summed E-state index contributed by atoms with van der Waals surface area (Å²) in [7, 11) is -2.22. The van der Waals surface area contributed by atoms with Gasteiger partial charge < -0.3 is 19.3 Å². The summed E-state index contributed by atoms with van der Waals surface area (Å²) in [5.74, 6) is 2.14. The molecule has 10 nitrogen and oxygen atoms in total. The maximum Gasteiger partial charge on any atom is 0.264 e. The summed E-state index contributed by atoms with van der Waals surface area (Å²) in [5, 5.41) is 7.06. The van der Waals surface area contributed by atoms with Crippen LogP contribution in [0, 0.1) is 6.92 Å². The van der Waals surface area contributed by atoms with Crippen molar-refractivity contribution in [3.8, 4) is 22.8 Å². The van der Waals surface area contributed by atoms with Gasteiger partial charge in [0.1, 0.15) is 30.3 Å². The first-order valence-electron chi connectivity index (χ1n) is 12.9. The van der Waals surface area contributed by atoms with E-state index >= 15 is 0 Å². The van der Waals surface area contributed by atoms with Crippen molar-refractivity contribution < 1.29 is 22.4 Å². The highest BCUT2D eigenvalue weighted by atomic mass is 32.2. The summed E-state index contributed by atoms with van der Waals surface area (Å²) >= 11 is 0. The molecule has 0 bridgehead atoms. The molecule has 0 radical (unpaired) electrons. The van der Waals surface area contributed by atoms with E-state index in [0.29, 0.717) is 41.7 Å². The lowest BCUT2D eigenvalue weighted by atomic mass is 10.1. The average Bonchev–Trinajstić information content (AvgIpc) is 3.34. The fourth-order valence-electron chi connectivity index (χ4n) is 4.19. The molecule has 0 unspecified atom stereocenters. The predicted octanol–water partition coefficient (Wildman–Crippen LogP) is 6.13. The molecule has 41 heavy (non-hydrogen) atoms. The van der Waals surface area contributed by atoms with Gasteiger partial charge in [-0.2, -0.15) is 0 Å². The van der Waals surface area contributed by atoms with Gasteiger partial charge in [-0.1, -0.05) is 36.3 Å². The zero-order chi connectivity index (χ0) is 28.8. The van der Waals surface area contributed by atoms with Crippen molar-refractivity contribution in [3.63, 3.8) is 0 Å². The highest BCUT2D eigenvalue weighted by molar-refractivity contribution is 7.92. The van der Waals surface area contributed by atoms with Crippen LogP contribution in [-0.4, -0.2) is 30.7 Å². The summed E-state index contributed by atoms with van der Waals surface area (Å²) in [5.41, 5.74) is 4.52. The number of benzene rings is 3. The lowest BCUT2D eigenvalue weighted by Gasteiger charge is -2.13. The zero-order valence-corrected chi connectivity index (χ0v) is 23.6. The van der Waals surface area contributed by atoms with Gasteiger partial charge in [-0.15, -0.1) is 0 Å². The van der Waals surface area contributed by atoms with E-state index < -0.39 is 10.0 Å². The predicted molar refractivity (Wildman–Crippen MR) is 156 cm³/mol.